The molecule has 29 heavy (non-hydrogen) atoms. The van der Waals surface area contributed by atoms with E-state index in [1.54, 1.807) is 13.0 Å². The summed E-state index contributed by atoms with van der Waals surface area (Å²) in [6.07, 6.45) is 3.52. The second-order valence-electron chi connectivity index (χ2n) is 7.90. The zero-order chi connectivity index (χ0) is 20.4. The van der Waals surface area contributed by atoms with Crippen LogP contribution in [0.3, 0.4) is 0 Å². The van der Waals surface area contributed by atoms with E-state index in [1.807, 2.05) is 6.07 Å². The summed E-state index contributed by atoms with van der Waals surface area (Å²) in [5.41, 5.74) is 2.33. The average molecular weight is 406 g/mol. The molecule has 2 fully saturated rings. The monoisotopic (exact) mass is 406 g/mol. The van der Waals surface area contributed by atoms with Gasteiger partial charge in [-0.15, -0.1) is 13.2 Å². The van der Waals surface area contributed by atoms with E-state index in [9.17, 15) is 13.2 Å². The standard InChI is InChI=1S/C21H25F3N4O/c1-13-11-16(29-21(22,23)24)9-10-17(13)26-19-12-18(14-7-8-14)27-20(28-19)25-15-5-3-2-4-6-15/h9-12,14-15H,2-8H2,1H3,(H2,25,26,27,28). The highest BCUT2D eigenvalue weighted by atomic mass is 19.4. The smallest absolute Gasteiger partial charge is 0.406 e. The van der Waals surface area contributed by atoms with Crippen LogP contribution in [-0.4, -0.2) is 22.4 Å². The van der Waals surface area contributed by atoms with Gasteiger partial charge in [0, 0.05) is 23.7 Å². The number of hydrogen-bond acceptors (Lipinski definition) is 5. The maximum absolute atomic E-state index is 12.4. The predicted molar refractivity (Wildman–Crippen MR) is 106 cm³/mol. The summed E-state index contributed by atoms with van der Waals surface area (Å²) in [5.74, 6) is 1.50. The van der Waals surface area contributed by atoms with Crippen LogP contribution in [0.1, 0.15) is 62.1 Å². The summed E-state index contributed by atoms with van der Waals surface area (Å²) in [7, 11) is 0. The van der Waals surface area contributed by atoms with Crippen LogP contribution in [0.5, 0.6) is 5.75 Å². The first-order valence-corrected chi connectivity index (χ1v) is 10.1. The topological polar surface area (TPSA) is 59.1 Å². The normalized spacial score (nSPS) is 17.8. The van der Waals surface area contributed by atoms with Crippen LogP contribution < -0.4 is 15.4 Å². The van der Waals surface area contributed by atoms with Crippen molar-refractivity contribution < 1.29 is 17.9 Å². The van der Waals surface area contributed by atoms with Gasteiger partial charge in [-0.1, -0.05) is 19.3 Å². The number of ether oxygens (including phenoxy) is 1. The third-order valence-corrected chi connectivity index (χ3v) is 5.37. The zero-order valence-electron chi connectivity index (χ0n) is 16.4. The minimum atomic E-state index is -4.70. The van der Waals surface area contributed by atoms with Crippen LogP contribution in [0.2, 0.25) is 0 Å². The van der Waals surface area contributed by atoms with Crippen molar-refractivity contribution in [3.8, 4) is 5.75 Å². The quantitative estimate of drug-likeness (QED) is 0.612. The average Bonchev–Trinajstić information content (AvgIpc) is 3.49. The Kier molecular flexibility index (Phi) is 5.52. The maximum Gasteiger partial charge on any atom is 0.573 e. The molecule has 1 aromatic heterocycles. The minimum Gasteiger partial charge on any atom is -0.406 e. The highest BCUT2D eigenvalue weighted by molar-refractivity contribution is 5.63. The SMILES string of the molecule is Cc1cc(OC(F)(F)F)ccc1Nc1cc(C2CC2)nc(NC2CCCCC2)n1. The number of halogens is 3. The number of nitrogens with one attached hydrogen (secondary N) is 2. The highest BCUT2D eigenvalue weighted by Crippen LogP contribution is 2.40. The minimum absolute atomic E-state index is 0.235. The van der Waals surface area contributed by atoms with Crippen molar-refractivity contribution in [1.82, 2.24) is 9.97 Å². The Hall–Kier alpha value is -2.51. The number of aryl methyl sites for hydroxylation is 1. The van der Waals surface area contributed by atoms with Crippen molar-refractivity contribution in [2.45, 2.75) is 70.2 Å². The third-order valence-electron chi connectivity index (χ3n) is 5.37. The lowest BCUT2D eigenvalue weighted by Crippen LogP contribution is -2.23. The number of benzene rings is 1. The van der Waals surface area contributed by atoms with E-state index in [1.165, 1.54) is 31.4 Å². The third kappa shape index (κ3) is 5.52. The van der Waals surface area contributed by atoms with Gasteiger partial charge in [-0.3, -0.25) is 0 Å². The Labute approximate surface area is 168 Å². The van der Waals surface area contributed by atoms with Gasteiger partial charge in [0.1, 0.15) is 11.6 Å². The molecule has 8 heteroatoms. The molecule has 2 aromatic rings. The summed E-state index contributed by atoms with van der Waals surface area (Å²) in [6, 6.07) is 6.56. The maximum atomic E-state index is 12.4. The second kappa shape index (κ2) is 8.08. The predicted octanol–water partition coefficient (Wildman–Crippen LogP) is 6.05. The van der Waals surface area contributed by atoms with Crippen molar-refractivity contribution in [2.24, 2.45) is 0 Å². The zero-order valence-corrected chi connectivity index (χ0v) is 16.4. The fourth-order valence-electron chi connectivity index (χ4n) is 3.72. The molecule has 2 aliphatic rings. The van der Waals surface area contributed by atoms with Gasteiger partial charge in [0.05, 0.1) is 5.69 Å². The van der Waals surface area contributed by atoms with Gasteiger partial charge in [0.15, 0.2) is 0 Å². The molecule has 2 aliphatic carbocycles. The first-order chi connectivity index (χ1) is 13.9. The lowest BCUT2D eigenvalue weighted by atomic mass is 9.96. The van der Waals surface area contributed by atoms with Crippen LogP contribution in [-0.2, 0) is 0 Å². The molecule has 156 valence electrons. The van der Waals surface area contributed by atoms with Crippen molar-refractivity contribution in [3.63, 3.8) is 0 Å². The molecule has 1 aromatic carbocycles. The Morgan fingerprint density at radius 3 is 2.41 bits per heavy atom. The first kappa shape index (κ1) is 19.8. The summed E-state index contributed by atoms with van der Waals surface area (Å²) < 4.78 is 41.3. The fourth-order valence-corrected chi connectivity index (χ4v) is 3.72. The van der Waals surface area contributed by atoms with Crippen LogP contribution in [0, 0.1) is 6.92 Å². The molecule has 0 saturated heterocycles. The lowest BCUT2D eigenvalue weighted by molar-refractivity contribution is -0.274. The van der Waals surface area contributed by atoms with E-state index in [2.05, 4.69) is 20.4 Å². The molecule has 1 heterocycles. The Morgan fingerprint density at radius 1 is 1.00 bits per heavy atom. The van der Waals surface area contributed by atoms with Gasteiger partial charge in [-0.2, -0.15) is 4.98 Å². The first-order valence-electron chi connectivity index (χ1n) is 10.1. The van der Waals surface area contributed by atoms with Gasteiger partial charge in [-0.05, 0) is 56.4 Å². The van der Waals surface area contributed by atoms with E-state index in [4.69, 9.17) is 4.98 Å². The molecule has 5 nitrogen and oxygen atoms in total. The second-order valence-corrected chi connectivity index (χ2v) is 7.90. The molecule has 0 unspecified atom stereocenters. The molecule has 0 radical (unpaired) electrons. The molecular formula is C21H25F3N4O. The fraction of sp³-hybridized carbons (Fsp3) is 0.524. The van der Waals surface area contributed by atoms with Gasteiger partial charge < -0.3 is 15.4 Å². The van der Waals surface area contributed by atoms with Gasteiger partial charge >= 0.3 is 6.36 Å². The molecule has 0 atom stereocenters. The van der Waals surface area contributed by atoms with Gasteiger partial charge in [0.25, 0.3) is 0 Å². The number of rotatable bonds is 6. The number of nitrogens with zero attached hydrogens (tertiary/aromatic N) is 2. The summed E-state index contributed by atoms with van der Waals surface area (Å²) >= 11 is 0. The van der Waals surface area contributed by atoms with Gasteiger partial charge in [-0.25, -0.2) is 4.98 Å². The molecular weight excluding hydrogens is 381 g/mol. The molecule has 0 amide bonds. The van der Waals surface area contributed by atoms with Crippen molar-refractivity contribution in [1.29, 1.82) is 0 Å². The highest BCUT2D eigenvalue weighted by Gasteiger charge is 2.31. The van der Waals surface area contributed by atoms with Crippen molar-refractivity contribution >= 4 is 17.5 Å². The number of hydrogen-bond donors (Lipinski definition) is 2. The molecule has 0 aliphatic heterocycles. The summed E-state index contributed by atoms with van der Waals surface area (Å²) in [5, 5.41) is 6.71. The largest absolute Gasteiger partial charge is 0.573 e. The van der Waals surface area contributed by atoms with Gasteiger partial charge in [0.2, 0.25) is 5.95 Å². The molecule has 2 N–H and O–H groups in total. The summed E-state index contributed by atoms with van der Waals surface area (Å²) in [4.78, 5) is 9.31. The van der Waals surface area contributed by atoms with Crippen LogP contribution >= 0.6 is 0 Å². The molecule has 0 spiro atoms. The van der Waals surface area contributed by atoms with E-state index < -0.39 is 6.36 Å². The number of aromatic nitrogens is 2. The van der Waals surface area contributed by atoms with Crippen LogP contribution in [0.15, 0.2) is 24.3 Å². The van der Waals surface area contributed by atoms with E-state index in [-0.39, 0.29) is 5.75 Å². The molecule has 0 bridgehead atoms. The summed E-state index contributed by atoms with van der Waals surface area (Å²) in [6.45, 7) is 1.73. The Balaban J connectivity index is 1.53. The molecule has 2 saturated carbocycles. The van der Waals surface area contributed by atoms with E-state index in [0.29, 0.717) is 35.0 Å². The Morgan fingerprint density at radius 2 is 1.76 bits per heavy atom. The lowest BCUT2D eigenvalue weighted by Gasteiger charge is -2.23. The van der Waals surface area contributed by atoms with E-state index >= 15 is 0 Å². The number of anilines is 3. The van der Waals surface area contributed by atoms with E-state index in [0.717, 1.165) is 31.4 Å². The van der Waals surface area contributed by atoms with Crippen LogP contribution in [0.25, 0.3) is 0 Å². The van der Waals surface area contributed by atoms with Crippen LogP contribution in [0.4, 0.5) is 30.6 Å². The molecule has 4 rings (SSSR count). The van der Waals surface area contributed by atoms with Crippen molar-refractivity contribution in [3.05, 3.63) is 35.5 Å². The number of alkyl halides is 3. The van der Waals surface area contributed by atoms with Crippen molar-refractivity contribution in [2.75, 3.05) is 10.6 Å². The Bertz CT molecular complexity index is 861.